The molecule has 0 saturated carbocycles. The second-order valence-corrected chi connectivity index (χ2v) is 9.56. The Bertz CT molecular complexity index is 315. The summed E-state index contributed by atoms with van der Waals surface area (Å²) in [5.74, 6) is 0. The third kappa shape index (κ3) is 4.82. The van der Waals surface area contributed by atoms with Crippen LogP contribution in [-0.4, -0.2) is 8.07 Å². The predicted molar refractivity (Wildman–Crippen MR) is 68.0 cm³/mol. The molecule has 0 bridgehead atoms. The Kier molecular flexibility index (Phi) is 3.90. The van der Waals surface area contributed by atoms with Gasteiger partial charge in [-0.3, -0.25) is 0 Å². The number of rotatable bonds is 3. The highest BCUT2D eigenvalue weighted by atomic mass is 28.3. The van der Waals surface area contributed by atoms with Crippen molar-refractivity contribution in [2.24, 2.45) is 0 Å². The Morgan fingerprint density at radius 2 is 1.57 bits per heavy atom. The molecule has 0 nitrogen and oxygen atoms in total. The van der Waals surface area contributed by atoms with Crippen LogP contribution in [0.25, 0.3) is 6.08 Å². The molecular formula is C13H18Si. The van der Waals surface area contributed by atoms with Crippen molar-refractivity contribution in [3.05, 3.63) is 53.7 Å². The number of benzene rings is 1. The van der Waals surface area contributed by atoms with E-state index in [2.05, 4.69) is 67.8 Å². The Morgan fingerprint density at radius 3 is 2.14 bits per heavy atom. The van der Waals surface area contributed by atoms with Gasteiger partial charge < -0.3 is 0 Å². The van der Waals surface area contributed by atoms with E-state index in [-0.39, 0.29) is 0 Å². The number of hydrogen-bond donors (Lipinski definition) is 0. The molecule has 1 heteroatoms. The first-order chi connectivity index (χ1) is 6.58. The zero-order chi connectivity index (χ0) is 10.4. The highest BCUT2D eigenvalue weighted by molar-refractivity contribution is 6.81. The van der Waals surface area contributed by atoms with Crippen molar-refractivity contribution in [1.82, 2.24) is 0 Å². The van der Waals surface area contributed by atoms with E-state index < -0.39 is 8.07 Å². The van der Waals surface area contributed by atoms with Crippen molar-refractivity contribution < 1.29 is 0 Å². The minimum atomic E-state index is -1.03. The monoisotopic (exact) mass is 202 g/mol. The molecule has 14 heavy (non-hydrogen) atoms. The quantitative estimate of drug-likeness (QED) is 0.510. The van der Waals surface area contributed by atoms with Crippen LogP contribution in [0.15, 0.2) is 48.2 Å². The minimum absolute atomic E-state index is 1.03. The third-order valence-corrected chi connectivity index (χ3v) is 2.99. The van der Waals surface area contributed by atoms with Crippen molar-refractivity contribution in [3.63, 3.8) is 0 Å². The second kappa shape index (κ2) is 4.96. The first-order valence-electron chi connectivity index (χ1n) is 4.99. The molecule has 0 heterocycles. The Morgan fingerprint density at radius 1 is 0.929 bits per heavy atom. The first kappa shape index (κ1) is 11.0. The van der Waals surface area contributed by atoms with Crippen molar-refractivity contribution in [2.75, 3.05) is 0 Å². The van der Waals surface area contributed by atoms with Crippen LogP contribution >= 0.6 is 0 Å². The molecule has 0 aliphatic heterocycles. The SMILES string of the molecule is C[Si](C)(C)C=CC=Cc1ccccc1. The highest BCUT2D eigenvalue weighted by Gasteiger charge is 2.05. The second-order valence-electron chi connectivity index (χ2n) is 4.49. The lowest BCUT2D eigenvalue weighted by Gasteiger charge is -2.06. The molecule has 0 aliphatic carbocycles. The lowest BCUT2D eigenvalue weighted by molar-refractivity contribution is 1.66. The van der Waals surface area contributed by atoms with Crippen LogP contribution in [0, 0.1) is 0 Å². The average molecular weight is 202 g/mol. The molecule has 74 valence electrons. The van der Waals surface area contributed by atoms with E-state index in [1.807, 2.05) is 6.07 Å². The third-order valence-electron chi connectivity index (χ3n) is 1.80. The van der Waals surface area contributed by atoms with E-state index in [0.29, 0.717) is 0 Å². The highest BCUT2D eigenvalue weighted by Crippen LogP contribution is 2.04. The van der Waals surface area contributed by atoms with E-state index in [9.17, 15) is 0 Å². The molecule has 0 radical (unpaired) electrons. The molecule has 0 unspecified atom stereocenters. The van der Waals surface area contributed by atoms with Crippen molar-refractivity contribution >= 4 is 14.1 Å². The number of allylic oxidation sites excluding steroid dienone is 2. The summed E-state index contributed by atoms with van der Waals surface area (Å²) in [6.07, 6.45) is 6.42. The lowest BCUT2D eigenvalue weighted by atomic mass is 10.2. The molecule has 0 spiro atoms. The molecule has 0 fully saturated rings. The molecule has 0 saturated heterocycles. The van der Waals surface area contributed by atoms with Gasteiger partial charge in [0.15, 0.2) is 0 Å². The zero-order valence-electron chi connectivity index (χ0n) is 9.20. The lowest BCUT2D eigenvalue weighted by Crippen LogP contribution is -2.14. The molecule has 0 atom stereocenters. The average Bonchev–Trinajstić information content (AvgIpc) is 2.13. The van der Waals surface area contributed by atoms with Gasteiger partial charge in [0, 0.05) is 0 Å². The smallest absolute Gasteiger partial charge is 0.0687 e. The van der Waals surface area contributed by atoms with Crippen LogP contribution in [-0.2, 0) is 0 Å². The van der Waals surface area contributed by atoms with E-state index in [4.69, 9.17) is 0 Å². The normalized spacial score (nSPS) is 12.8. The fourth-order valence-corrected chi connectivity index (χ4v) is 1.76. The van der Waals surface area contributed by atoms with Gasteiger partial charge in [0.1, 0.15) is 0 Å². The summed E-state index contributed by atoms with van der Waals surface area (Å²) in [5.41, 5.74) is 3.60. The van der Waals surface area contributed by atoms with Crippen LogP contribution in [0.1, 0.15) is 5.56 Å². The van der Waals surface area contributed by atoms with E-state index in [1.165, 1.54) is 5.56 Å². The van der Waals surface area contributed by atoms with Gasteiger partial charge >= 0.3 is 0 Å². The predicted octanol–water partition coefficient (Wildman–Crippen LogP) is 4.13. The van der Waals surface area contributed by atoms with Crippen LogP contribution < -0.4 is 0 Å². The van der Waals surface area contributed by atoms with Crippen LogP contribution in [0.5, 0.6) is 0 Å². The van der Waals surface area contributed by atoms with Crippen LogP contribution in [0.3, 0.4) is 0 Å². The maximum Gasteiger partial charge on any atom is 0.0687 e. The molecular weight excluding hydrogens is 184 g/mol. The fourth-order valence-electron chi connectivity index (χ4n) is 1.08. The first-order valence-corrected chi connectivity index (χ1v) is 8.57. The van der Waals surface area contributed by atoms with Gasteiger partial charge in [0.05, 0.1) is 8.07 Å². The zero-order valence-corrected chi connectivity index (χ0v) is 10.2. The number of hydrogen-bond acceptors (Lipinski definition) is 0. The van der Waals surface area contributed by atoms with Gasteiger partial charge in [-0.25, -0.2) is 0 Å². The maximum absolute atomic E-state index is 2.34. The van der Waals surface area contributed by atoms with Gasteiger partial charge in [-0.1, -0.05) is 73.9 Å². The van der Waals surface area contributed by atoms with Crippen LogP contribution in [0.2, 0.25) is 19.6 Å². The van der Waals surface area contributed by atoms with Crippen molar-refractivity contribution in [1.29, 1.82) is 0 Å². The Labute approximate surface area is 88.0 Å². The summed E-state index contributed by atoms with van der Waals surface area (Å²) in [6.45, 7) is 7.00. The van der Waals surface area contributed by atoms with Gasteiger partial charge in [-0.05, 0) is 5.56 Å². The summed E-state index contributed by atoms with van der Waals surface area (Å²) in [6, 6.07) is 10.4. The molecule has 1 aromatic carbocycles. The maximum atomic E-state index is 2.34. The standard InChI is InChI=1S/C13H18Si/c1-14(2,3)12-8-7-11-13-9-5-4-6-10-13/h4-12H,1-3H3. The van der Waals surface area contributed by atoms with Gasteiger partial charge in [-0.2, -0.15) is 0 Å². The van der Waals surface area contributed by atoms with Gasteiger partial charge in [-0.15, -0.1) is 0 Å². The Balaban J connectivity index is 2.54. The summed E-state index contributed by atoms with van der Waals surface area (Å²) in [5, 5.41) is 0. The van der Waals surface area contributed by atoms with Crippen molar-refractivity contribution in [3.8, 4) is 0 Å². The fraction of sp³-hybridized carbons (Fsp3) is 0.231. The largest absolute Gasteiger partial charge is 0.0950 e. The topological polar surface area (TPSA) is 0 Å². The van der Waals surface area contributed by atoms with E-state index in [0.717, 1.165) is 0 Å². The van der Waals surface area contributed by atoms with E-state index in [1.54, 1.807) is 0 Å². The van der Waals surface area contributed by atoms with Crippen LogP contribution in [0.4, 0.5) is 0 Å². The Hall–Kier alpha value is -1.08. The molecule has 1 rings (SSSR count). The summed E-state index contributed by atoms with van der Waals surface area (Å²) in [4.78, 5) is 0. The minimum Gasteiger partial charge on any atom is -0.0950 e. The molecule has 0 aromatic heterocycles. The summed E-state index contributed by atoms with van der Waals surface area (Å²) in [7, 11) is -1.03. The van der Waals surface area contributed by atoms with Gasteiger partial charge in [0.2, 0.25) is 0 Å². The molecule has 0 amide bonds. The molecule has 1 aromatic rings. The van der Waals surface area contributed by atoms with Gasteiger partial charge in [0.25, 0.3) is 0 Å². The molecule has 0 aliphatic rings. The molecule has 0 N–H and O–H groups in total. The summed E-state index contributed by atoms with van der Waals surface area (Å²) < 4.78 is 0. The summed E-state index contributed by atoms with van der Waals surface area (Å²) >= 11 is 0. The van der Waals surface area contributed by atoms with Crippen molar-refractivity contribution in [2.45, 2.75) is 19.6 Å². The van der Waals surface area contributed by atoms with E-state index >= 15 is 0 Å².